The van der Waals surface area contributed by atoms with Crippen LogP contribution >= 0.6 is 0 Å². The van der Waals surface area contributed by atoms with Gasteiger partial charge in [0.05, 0.1) is 0 Å². The molecule has 4 heteroatoms. The molecule has 19 saturated carbocycles. The maximum absolute atomic E-state index is 4.13. The van der Waals surface area contributed by atoms with E-state index in [1.165, 1.54) is 0 Å². The van der Waals surface area contributed by atoms with Crippen LogP contribution in [0.5, 0.6) is 0 Å². The van der Waals surface area contributed by atoms with Gasteiger partial charge in [0.25, 0.3) is 0 Å². The Hall–Kier alpha value is -0.0551. The zero-order valence-corrected chi connectivity index (χ0v) is 73.9. The van der Waals surface area contributed by atoms with Crippen molar-refractivity contribution < 1.29 is 0 Å². The average Bonchev–Trinajstić information content (AvgIpc) is 0.793. The van der Waals surface area contributed by atoms with Crippen LogP contribution in [0.25, 0.3) is 0 Å². The molecule has 3 heterocycles. The van der Waals surface area contributed by atoms with Crippen LogP contribution < -0.4 is 0 Å². The summed E-state index contributed by atoms with van der Waals surface area (Å²) in [6.45, 7) is 9.05. The Bertz CT molecular complexity index is 2950. The van der Waals surface area contributed by atoms with Crippen molar-refractivity contribution in [1.82, 2.24) is 14.7 Å². The van der Waals surface area contributed by atoms with E-state index in [-0.39, 0.29) is 0 Å². The number of hydrogen-bond donors (Lipinski definition) is 0. The summed E-state index contributed by atoms with van der Waals surface area (Å²) in [5.41, 5.74) is 0.447. The molecule has 0 spiro atoms. The molecule has 0 aromatic heterocycles. The molecule has 0 bridgehead atoms. The van der Waals surface area contributed by atoms with Crippen molar-refractivity contribution in [2.75, 3.05) is 0 Å². The highest BCUT2D eigenvalue weighted by Gasteiger charge is 2.71. The summed E-state index contributed by atoms with van der Waals surface area (Å²) in [5, 5.41) is 0. The number of likely N-dealkylation sites (tertiary alicyclic amines) is 1. The zero-order valence-electron chi connectivity index (χ0n) is 73.9. The Morgan fingerprint density at radius 3 is 1.02 bits per heavy atom. The van der Waals surface area contributed by atoms with Gasteiger partial charge in [-0.25, -0.2) is 0 Å². The first kappa shape index (κ1) is 78.0. The molecular weight excluding hydrogens is 1350 g/mol. The van der Waals surface area contributed by atoms with Gasteiger partial charge in [0.2, 0.25) is 0 Å². The molecule has 22 fully saturated rings. The Morgan fingerprint density at radius 2 is 0.545 bits per heavy atom. The standard InChI is InChI=1S/C108H178BN3/c1-108(2,3)82-55-51-71(52-56-82)81-66-100-105-101(67-81)112(107-92(74-37-18-8-19-38-74)63-80(70-31-12-5-13-32-70)64-93(107)75-39-20-9-21-40-75)99-68-83(110-96-49-24-22-44-85(96)86-45-23-25-50-97(86)110)57-60-95(99)109(105)94-59-54-78(84-58-53-77-43-27-47-88-87-46-26-41-76-42-28-48-89(102(76)87)104(84)103(77)88)65-98(94)111(100)106-90(72-33-14-6-15-34-72)61-79(69-29-10-4-11-30-69)62-91(106)73-35-16-7-17-36-73/h69-107H,4-68H2,1-3H3. The van der Waals surface area contributed by atoms with Crippen molar-refractivity contribution in [3.8, 4) is 0 Å². The molecule has 19 aliphatic carbocycles. The van der Waals surface area contributed by atoms with Gasteiger partial charge in [0, 0.05) is 54.4 Å². The molecule has 3 nitrogen and oxygen atoms in total. The van der Waals surface area contributed by atoms with Crippen LogP contribution in [0.2, 0.25) is 17.5 Å². The third-order valence-electron chi connectivity index (χ3n) is 45.4. The number of nitrogens with zero attached hydrogens (tertiary/aromatic N) is 3. The molecule has 22 rings (SSSR count). The molecule has 0 N–H and O–H groups in total. The molecule has 0 amide bonds. The Labute approximate surface area is 692 Å². The van der Waals surface area contributed by atoms with Crippen molar-refractivity contribution in [3.05, 3.63) is 0 Å². The molecule has 27 unspecified atom stereocenters. The SMILES string of the molecule is CC(C)(C)C1CCC(C2CC3C4B(C5CCC(C6CCC7CCCC8C9CCCC%10CCCC(C%109)C6C78)CC5N3C3C(C5CCCCC5)CC(C5CCCCC5)CC3C3CCCCC3)C3CCC(N5C6CCCCC6C6CCCCC65)CC3N(C3C(C5CCCCC5)CC(C5CCCCC5)CC3C3CCCCC3)C4C2)CC1. The van der Waals surface area contributed by atoms with Crippen molar-refractivity contribution in [2.24, 2.45) is 165 Å². The largest absolute Gasteiger partial charge is 0.295 e. The molecule has 3 aliphatic heterocycles. The molecule has 3 saturated heterocycles. The van der Waals surface area contributed by atoms with Crippen LogP contribution in [0.4, 0.5) is 0 Å². The fourth-order valence-corrected chi connectivity index (χ4v) is 41.7. The van der Waals surface area contributed by atoms with Crippen molar-refractivity contribution >= 4 is 6.71 Å². The summed E-state index contributed by atoms with van der Waals surface area (Å²) in [6.07, 6.45) is 104. The van der Waals surface area contributed by atoms with Gasteiger partial charge in [-0.2, -0.15) is 0 Å². The molecule has 628 valence electrons. The lowest BCUT2D eigenvalue weighted by atomic mass is 9.18. The predicted molar refractivity (Wildman–Crippen MR) is 470 cm³/mol. The van der Waals surface area contributed by atoms with Crippen LogP contribution in [0.15, 0.2) is 0 Å². The summed E-state index contributed by atoms with van der Waals surface area (Å²) >= 11 is 0. The maximum Gasteiger partial charge on any atom is 0.156 e. The zero-order chi connectivity index (χ0) is 74.3. The van der Waals surface area contributed by atoms with Crippen LogP contribution in [0.1, 0.15) is 438 Å². The van der Waals surface area contributed by atoms with E-state index in [1.54, 1.807) is 417 Å². The second-order valence-corrected chi connectivity index (χ2v) is 50.1. The van der Waals surface area contributed by atoms with Crippen LogP contribution in [-0.2, 0) is 0 Å². The monoisotopic (exact) mass is 1530 g/mol. The summed E-state index contributed by atoms with van der Waals surface area (Å²) in [6, 6.07) is 7.89. The third-order valence-corrected chi connectivity index (χ3v) is 45.4. The van der Waals surface area contributed by atoms with E-state index in [0.29, 0.717) is 5.41 Å². The smallest absolute Gasteiger partial charge is 0.156 e. The van der Waals surface area contributed by atoms with Crippen molar-refractivity contribution in [3.63, 3.8) is 0 Å². The lowest BCUT2D eigenvalue weighted by molar-refractivity contribution is -0.171. The molecule has 0 radical (unpaired) electrons. The predicted octanol–water partition coefficient (Wildman–Crippen LogP) is 29.2. The number of rotatable bonds is 11. The van der Waals surface area contributed by atoms with E-state index >= 15 is 0 Å². The fraction of sp³-hybridized carbons (Fsp3) is 1.00. The minimum absolute atomic E-state index is 0.447. The maximum atomic E-state index is 4.13. The van der Waals surface area contributed by atoms with Gasteiger partial charge in [-0.15, -0.1) is 0 Å². The molecule has 22 aliphatic rings. The molecule has 0 aromatic rings. The lowest BCUT2D eigenvalue weighted by Gasteiger charge is -2.73. The highest BCUT2D eigenvalue weighted by molar-refractivity contribution is 6.65. The minimum Gasteiger partial charge on any atom is -0.295 e. The van der Waals surface area contributed by atoms with E-state index in [2.05, 4.69) is 35.5 Å². The molecule has 27 atom stereocenters. The highest BCUT2D eigenvalue weighted by Crippen LogP contribution is 2.72. The average molecular weight is 1530 g/mol. The van der Waals surface area contributed by atoms with E-state index in [4.69, 9.17) is 0 Å². The fourth-order valence-electron chi connectivity index (χ4n) is 41.7. The number of fused-ring (bicyclic) bond motifs is 9. The van der Waals surface area contributed by atoms with Crippen molar-refractivity contribution in [2.45, 2.75) is 510 Å². The van der Waals surface area contributed by atoms with Gasteiger partial charge < -0.3 is 0 Å². The van der Waals surface area contributed by atoms with E-state index in [0.717, 1.165) is 238 Å². The number of hydrogen-bond acceptors (Lipinski definition) is 3. The normalized spacial score (nSPS) is 50.9. The highest BCUT2D eigenvalue weighted by atomic mass is 15.3. The Balaban J connectivity index is 0.734. The van der Waals surface area contributed by atoms with Crippen LogP contribution in [0.3, 0.4) is 0 Å². The van der Waals surface area contributed by atoms with Gasteiger partial charge in [-0.05, 0) is 324 Å². The lowest BCUT2D eigenvalue weighted by Crippen LogP contribution is -2.77. The molecule has 112 heavy (non-hydrogen) atoms. The van der Waals surface area contributed by atoms with E-state index in [1.807, 2.05) is 0 Å². The first-order valence-corrected chi connectivity index (χ1v) is 54.5. The summed E-state index contributed by atoms with van der Waals surface area (Å²) in [7, 11) is 0. The van der Waals surface area contributed by atoms with Gasteiger partial charge >= 0.3 is 0 Å². The quantitative estimate of drug-likeness (QED) is 0.191. The third kappa shape index (κ3) is 14.2. The first-order chi connectivity index (χ1) is 55.2. The van der Waals surface area contributed by atoms with Crippen LogP contribution in [-0.4, -0.2) is 75.8 Å². The Morgan fingerprint density at radius 1 is 0.196 bits per heavy atom. The summed E-state index contributed by atoms with van der Waals surface area (Å²) in [4.78, 5) is 11.8. The second kappa shape index (κ2) is 33.5. The minimum atomic E-state index is 0.447. The van der Waals surface area contributed by atoms with Gasteiger partial charge in [0.1, 0.15) is 0 Å². The van der Waals surface area contributed by atoms with Gasteiger partial charge in [-0.3, -0.25) is 14.7 Å². The second-order valence-electron chi connectivity index (χ2n) is 50.1. The summed E-state index contributed by atoms with van der Waals surface area (Å²) in [5.74, 6) is 30.7. The van der Waals surface area contributed by atoms with Crippen molar-refractivity contribution in [1.29, 1.82) is 0 Å². The molecule has 0 aromatic carbocycles. The van der Waals surface area contributed by atoms with E-state index in [9.17, 15) is 0 Å². The first-order valence-electron chi connectivity index (χ1n) is 54.5. The molecular formula is C108H178BN3. The van der Waals surface area contributed by atoms with Gasteiger partial charge in [0.15, 0.2) is 6.71 Å². The topological polar surface area (TPSA) is 9.72 Å². The van der Waals surface area contributed by atoms with E-state index < -0.39 is 0 Å². The summed E-state index contributed by atoms with van der Waals surface area (Å²) < 4.78 is 0. The van der Waals surface area contributed by atoms with Gasteiger partial charge in [-0.1, -0.05) is 297 Å². The van der Waals surface area contributed by atoms with Crippen LogP contribution in [0, 0.1) is 165 Å². The Kier molecular flexibility index (Phi) is 23.4.